The number of anilines is 1. The van der Waals surface area contributed by atoms with E-state index in [1.54, 1.807) is 24.9 Å². The van der Waals surface area contributed by atoms with Gasteiger partial charge in [-0.2, -0.15) is 0 Å². The van der Waals surface area contributed by atoms with Crippen LogP contribution >= 0.6 is 15.9 Å². The van der Waals surface area contributed by atoms with Gasteiger partial charge in [-0.15, -0.1) is 0 Å². The van der Waals surface area contributed by atoms with Gasteiger partial charge in [0.15, 0.2) is 0 Å². The molecule has 1 aliphatic rings. The van der Waals surface area contributed by atoms with Gasteiger partial charge < -0.3 is 15.0 Å². The number of rotatable bonds is 6. The zero-order valence-corrected chi connectivity index (χ0v) is 16.8. The first kappa shape index (κ1) is 19.9. The molecule has 0 atom stereocenters. The number of benzene rings is 1. The van der Waals surface area contributed by atoms with Crippen LogP contribution in [0.5, 0.6) is 0 Å². The van der Waals surface area contributed by atoms with Gasteiger partial charge in [0.25, 0.3) is 0 Å². The highest BCUT2D eigenvalue weighted by Gasteiger charge is 2.20. The Morgan fingerprint density at radius 1 is 1.28 bits per heavy atom. The van der Waals surface area contributed by atoms with Crippen molar-refractivity contribution in [3.63, 3.8) is 0 Å². The maximum absolute atomic E-state index is 12.1. The van der Waals surface area contributed by atoms with Gasteiger partial charge in [-0.25, -0.2) is 4.79 Å². The van der Waals surface area contributed by atoms with E-state index in [9.17, 15) is 9.59 Å². The van der Waals surface area contributed by atoms with Crippen LogP contribution in [0.2, 0.25) is 0 Å². The summed E-state index contributed by atoms with van der Waals surface area (Å²) in [5, 5.41) is 3.59. The molecule has 0 radical (unpaired) electrons. The topological polar surface area (TPSA) is 58.6 Å². The minimum atomic E-state index is -0.348. The fourth-order valence-electron chi connectivity index (χ4n) is 3.22. The first-order chi connectivity index (χ1) is 11.9. The van der Waals surface area contributed by atoms with E-state index in [4.69, 9.17) is 4.74 Å². The van der Waals surface area contributed by atoms with E-state index in [0.717, 1.165) is 15.7 Å². The third kappa shape index (κ3) is 5.28. The number of ether oxygens (including phenoxy) is 1. The lowest BCUT2D eigenvalue weighted by Crippen LogP contribution is -2.32. The number of nitrogens with one attached hydrogen (secondary N) is 1. The average Bonchev–Trinajstić information content (AvgIpc) is 2.60. The number of hydrogen-bond donors (Lipinski definition) is 1. The summed E-state index contributed by atoms with van der Waals surface area (Å²) in [6.07, 6.45) is 6.17. The monoisotopic (exact) mass is 410 g/mol. The summed E-state index contributed by atoms with van der Waals surface area (Å²) in [5.41, 5.74) is 2.21. The Morgan fingerprint density at radius 3 is 2.56 bits per heavy atom. The normalized spacial score (nSPS) is 15.0. The molecule has 6 heteroatoms. The lowest BCUT2D eigenvalue weighted by molar-refractivity contribution is -0.116. The number of carbonyl (C=O) groups is 2. The third-order valence-corrected chi connectivity index (χ3v) is 5.25. The first-order valence-corrected chi connectivity index (χ1v) is 9.70. The van der Waals surface area contributed by atoms with Crippen LogP contribution in [-0.4, -0.2) is 31.6 Å². The lowest BCUT2D eigenvalue weighted by Gasteiger charge is -2.26. The molecule has 138 valence electrons. The van der Waals surface area contributed by atoms with Crippen LogP contribution in [0.25, 0.3) is 0 Å². The Balaban J connectivity index is 2.30. The summed E-state index contributed by atoms with van der Waals surface area (Å²) in [6, 6.07) is 4.04. The Bertz CT molecular complexity index is 627. The molecule has 1 amide bonds. The zero-order valence-electron chi connectivity index (χ0n) is 15.2. The number of halogens is 1. The van der Waals surface area contributed by atoms with Crippen molar-refractivity contribution in [3.8, 4) is 0 Å². The number of carbonyl (C=O) groups excluding carboxylic acids is 2. The van der Waals surface area contributed by atoms with Crippen LogP contribution < -0.4 is 10.2 Å². The van der Waals surface area contributed by atoms with Crippen LogP contribution in [-0.2, 0) is 16.1 Å². The van der Waals surface area contributed by atoms with Crippen LogP contribution in [0.15, 0.2) is 16.6 Å². The maximum Gasteiger partial charge on any atom is 0.338 e. The Kier molecular flexibility index (Phi) is 7.44. The minimum absolute atomic E-state index is 0.0523. The summed E-state index contributed by atoms with van der Waals surface area (Å²) < 4.78 is 5.84. The quantitative estimate of drug-likeness (QED) is 0.719. The average molecular weight is 411 g/mol. The second kappa shape index (κ2) is 9.34. The zero-order chi connectivity index (χ0) is 18.4. The summed E-state index contributed by atoms with van der Waals surface area (Å²) in [4.78, 5) is 25.6. The molecule has 1 aromatic carbocycles. The highest BCUT2D eigenvalue weighted by atomic mass is 79.9. The standard InChI is InChI=1S/C19H27BrN2O3/c1-4-25-19(24)14-10-15(12-21-16-8-6-5-7-9-16)18(17(20)11-14)22(3)13(2)23/h10-11,16,21H,4-9,12H2,1-3H3. The van der Waals surface area contributed by atoms with Crippen molar-refractivity contribution in [2.45, 2.75) is 58.5 Å². The van der Waals surface area contributed by atoms with Gasteiger partial charge >= 0.3 is 5.97 Å². The third-order valence-electron chi connectivity index (χ3n) is 4.65. The van der Waals surface area contributed by atoms with Crippen molar-refractivity contribution in [2.75, 3.05) is 18.6 Å². The smallest absolute Gasteiger partial charge is 0.338 e. The van der Waals surface area contributed by atoms with Crippen LogP contribution in [0.1, 0.15) is 61.9 Å². The summed E-state index contributed by atoms with van der Waals surface area (Å²) in [5.74, 6) is -0.400. The van der Waals surface area contributed by atoms with Gasteiger partial charge in [0.2, 0.25) is 5.91 Å². The number of hydrogen-bond acceptors (Lipinski definition) is 4. The number of amides is 1. The number of nitrogens with zero attached hydrogens (tertiary/aromatic N) is 1. The second-order valence-electron chi connectivity index (χ2n) is 6.48. The van der Waals surface area contributed by atoms with Crippen molar-refractivity contribution < 1.29 is 14.3 Å². The molecule has 0 aliphatic heterocycles. The molecule has 0 aromatic heterocycles. The molecule has 1 saturated carbocycles. The lowest BCUT2D eigenvalue weighted by atomic mass is 9.95. The van der Waals surface area contributed by atoms with E-state index in [1.807, 2.05) is 6.07 Å². The van der Waals surface area contributed by atoms with Crippen LogP contribution in [0.4, 0.5) is 5.69 Å². The Morgan fingerprint density at radius 2 is 1.96 bits per heavy atom. The summed E-state index contributed by atoms with van der Waals surface area (Å²) in [7, 11) is 1.75. The first-order valence-electron chi connectivity index (χ1n) is 8.91. The van der Waals surface area contributed by atoms with E-state index in [-0.39, 0.29) is 11.9 Å². The van der Waals surface area contributed by atoms with Crippen LogP contribution in [0.3, 0.4) is 0 Å². The number of esters is 1. The molecular formula is C19H27BrN2O3. The molecule has 1 aliphatic carbocycles. The molecule has 0 unspecified atom stereocenters. The highest BCUT2D eigenvalue weighted by molar-refractivity contribution is 9.10. The molecule has 2 rings (SSSR count). The molecule has 1 aromatic rings. The van der Waals surface area contributed by atoms with E-state index in [2.05, 4.69) is 21.2 Å². The maximum atomic E-state index is 12.1. The predicted octanol–water partition coefficient (Wildman–Crippen LogP) is 4.03. The van der Waals surface area contributed by atoms with E-state index in [0.29, 0.717) is 24.8 Å². The van der Waals surface area contributed by atoms with Crippen molar-refractivity contribution in [1.82, 2.24) is 5.32 Å². The van der Waals surface area contributed by atoms with Crippen molar-refractivity contribution in [1.29, 1.82) is 0 Å². The predicted molar refractivity (Wildman–Crippen MR) is 103 cm³/mol. The Hall–Kier alpha value is -1.40. The van der Waals surface area contributed by atoms with Gasteiger partial charge in [0.1, 0.15) is 0 Å². The summed E-state index contributed by atoms with van der Waals surface area (Å²) >= 11 is 3.52. The SMILES string of the molecule is CCOC(=O)c1cc(Br)c(N(C)C(C)=O)c(CNC2CCCCC2)c1. The largest absolute Gasteiger partial charge is 0.462 e. The van der Waals surface area contributed by atoms with Crippen LogP contribution in [0, 0.1) is 0 Å². The van der Waals surface area contributed by atoms with Gasteiger partial charge in [-0.1, -0.05) is 19.3 Å². The fraction of sp³-hybridized carbons (Fsp3) is 0.579. The molecule has 0 saturated heterocycles. The highest BCUT2D eigenvalue weighted by Crippen LogP contribution is 2.32. The Labute approximate surface area is 158 Å². The van der Waals surface area contributed by atoms with Gasteiger partial charge in [0.05, 0.1) is 17.9 Å². The van der Waals surface area contributed by atoms with Crippen molar-refractivity contribution in [2.24, 2.45) is 0 Å². The van der Waals surface area contributed by atoms with E-state index < -0.39 is 0 Å². The fourth-order valence-corrected chi connectivity index (χ4v) is 3.98. The molecule has 1 N–H and O–H groups in total. The van der Waals surface area contributed by atoms with Gasteiger partial charge in [-0.05, 0) is 53.4 Å². The molecule has 0 heterocycles. The van der Waals surface area contributed by atoms with Crippen molar-refractivity contribution >= 4 is 33.5 Å². The molecule has 25 heavy (non-hydrogen) atoms. The van der Waals surface area contributed by atoms with E-state index in [1.165, 1.54) is 39.0 Å². The minimum Gasteiger partial charge on any atom is -0.462 e. The molecule has 0 bridgehead atoms. The second-order valence-corrected chi connectivity index (χ2v) is 7.33. The van der Waals surface area contributed by atoms with Crippen molar-refractivity contribution in [3.05, 3.63) is 27.7 Å². The molecular weight excluding hydrogens is 384 g/mol. The molecule has 5 nitrogen and oxygen atoms in total. The van der Waals surface area contributed by atoms with Gasteiger partial charge in [-0.3, -0.25) is 4.79 Å². The van der Waals surface area contributed by atoms with E-state index >= 15 is 0 Å². The van der Waals surface area contributed by atoms with Gasteiger partial charge in [0, 0.05) is 31.0 Å². The summed E-state index contributed by atoms with van der Waals surface area (Å²) in [6.45, 7) is 4.27. The molecule has 0 spiro atoms. The molecule has 1 fully saturated rings.